The van der Waals surface area contributed by atoms with Gasteiger partial charge in [0.1, 0.15) is 12.6 Å². The van der Waals surface area contributed by atoms with Crippen molar-refractivity contribution in [1.29, 1.82) is 0 Å². The zero-order chi connectivity index (χ0) is 16.3. The van der Waals surface area contributed by atoms with Gasteiger partial charge < -0.3 is 20.5 Å². The van der Waals surface area contributed by atoms with Crippen molar-refractivity contribution >= 4 is 17.8 Å². The minimum atomic E-state index is -1.12. The summed E-state index contributed by atoms with van der Waals surface area (Å²) in [4.78, 5) is 34.0. The van der Waals surface area contributed by atoms with Gasteiger partial charge in [0.05, 0.1) is 13.7 Å². The van der Waals surface area contributed by atoms with Gasteiger partial charge in [-0.15, -0.1) is 0 Å². The number of amides is 2. The molecule has 0 heterocycles. The molecule has 0 rings (SSSR count). The lowest BCUT2D eigenvalue weighted by molar-refractivity contribution is -0.141. The minimum absolute atomic E-state index is 0.325. The molecule has 21 heavy (non-hydrogen) atoms. The van der Waals surface area contributed by atoms with Crippen molar-refractivity contribution in [1.82, 2.24) is 10.6 Å². The number of rotatable bonds is 8. The average molecular weight is 298 g/mol. The summed E-state index contributed by atoms with van der Waals surface area (Å²) in [5, 5.41) is 13.7. The zero-order valence-electron chi connectivity index (χ0n) is 12.5. The fourth-order valence-corrected chi connectivity index (χ4v) is 1.20. The van der Waals surface area contributed by atoms with Crippen LogP contribution in [-0.4, -0.2) is 49.2 Å². The molecular weight excluding hydrogens is 276 g/mol. The van der Waals surface area contributed by atoms with E-state index in [0.717, 1.165) is 0 Å². The number of hydrogen-bond acceptors (Lipinski definition) is 5. The highest BCUT2D eigenvalue weighted by atomic mass is 16.5. The zero-order valence-corrected chi connectivity index (χ0v) is 12.5. The van der Waals surface area contributed by atoms with Crippen LogP contribution >= 0.6 is 0 Å². The Morgan fingerprint density at radius 3 is 2.43 bits per heavy atom. The number of aliphatic hydroxyl groups excluding tert-OH is 1. The lowest BCUT2D eigenvalue weighted by atomic mass is 10.2. The standard InChI is InChI=1S/C14H22N2O5/c1-10(2)6-4-5-7-12(18)16-11(9-17)14(20)15-8-13(19)21-3/h4-7,10-11,17H,8-9H2,1-3H3,(H,15,20)(H,16,18)/b6-4+,7-5+/t11-/m0/s1. The molecule has 0 radical (unpaired) electrons. The Labute approximate surface area is 124 Å². The Morgan fingerprint density at radius 1 is 1.24 bits per heavy atom. The van der Waals surface area contributed by atoms with Gasteiger partial charge in [0.15, 0.2) is 0 Å². The third-order valence-corrected chi connectivity index (χ3v) is 2.30. The monoisotopic (exact) mass is 298 g/mol. The van der Waals surface area contributed by atoms with Crippen LogP contribution in [0.2, 0.25) is 0 Å². The van der Waals surface area contributed by atoms with E-state index >= 15 is 0 Å². The summed E-state index contributed by atoms with van der Waals surface area (Å²) in [7, 11) is 1.19. The number of aliphatic hydroxyl groups is 1. The largest absolute Gasteiger partial charge is 0.468 e. The maximum Gasteiger partial charge on any atom is 0.325 e. The molecule has 0 aromatic rings. The first-order valence-corrected chi connectivity index (χ1v) is 6.51. The van der Waals surface area contributed by atoms with E-state index in [1.54, 1.807) is 6.08 Å². The van der Waals surface area contributed by atoms with Crippen LogP contribution < -0.4 is 10.6 Å². The van der Waals surface area contributed by atoms with Crippen LogP contribution in [-0.2, 0) is 19.1 Å². The highest BCUT2D eigenvalue weighted by Gasteiger charge is 2.19. The molecule has 0 saturated carbocycles. The fraction of sp³-hybridized carbons (Fsp3) is 0.500. The second kappa shape index (κ2) is 10.6. The number of carbonyl (C=O) groups is 3. The summed E-state index contributed by atoms with van der Waals surface area (Å²) in [6.07, 6.45) is 6.40. The van der Waals surface area contributed by atoms with Gasteiger partial charge in [0.25, 0.3) is 0 Å². The predicted octanol–water partition coefficient (Wildman–Crippen LogP) is -0.479. The Balaban J connectivity index is 4.32. The van der Waals surface area contributed by atoms with Gasteiger partial charge in [-0.2, -0.15) is 0 Å². The first kappa shape index (κ1) is 18.9. The molecule has 0 unspecified atom stereocenters. The first-order chi connectivity index (χ1) is 9.90. The van der Waals surface area contributed by atoms with E-state index in [-0.39, 0.29) is 6.54 Å². The van der Waals surface area contributed by atoms with Crippen LogP contribution in [0.1, 0.15) is 13.8 Å². The normalized spacial score (nSPS) is 12.6. The second-order valence-corrected chi connectivity index (χ2v) is 4.53. The van der Waals surface area contributed by atoms with Crippen LogP contribution in [0.25, 0.3) is 0 Å². The van der Waals surface area contributed by atoms with Gasteiger partial charge in [0.2, 0.25) is 11.8 Å². The highest BCUT2D eigenvalue weighted by Crippen LogP contribution is 1.93. The second-order valence-electron chi connectivity index (χ2n) is 4.53. The van der Waals surface area contributed by atoms with Crippen molar-refractivity contribution in [2.75, 3.05) is 20.3 Å². The number of methoxy groups -OCH3 is 1. The number of ether oxygens (including phenoxy) is 1. The number of hydrogen-bond donors (Lipinski definition) is 3. The van der Waals surface area contributed by atoms with Gasteiger partial charge in [-0.05, 0) is 5.92 Å². The van der Waals surface area contributed by atoms with Crippen LogP contribution in [0, 0.1) is 5.92 Å². The van der Waals surface area contributed by atoms with E-state index in [1.165, 1.54) is 19.3 Å². The third kappa shape index (κ3) is 9.39. The maximum atomic E-state index is 11.6. The van der Waals surface area contributed by atoms with E-state index < -0.39 is 30.4 Å². The number of esters is 1. The number of allylic oxidation sites excluding steroid dienone is 3. The molecule has 3 N–H and O–H groups in total. The predicted molar refractivity (Wildman–Crippen MR) is 77.2 cm³/mol. The van der Waals surface area contributed by atoms with Crippen molar-refractivity contribution in [3.8, 4) is 0 Å². The topological polar surface area (TPSA) is 105 Å². The summed E-state index contributed by atoms with van der Waals surface area (Å²) in [5.74, 6) is -1.44. The molecule has 7 heteroatoms. The molecule has 0 aliphatic heterocycles. The molecule has 0 bridgehead atoms. The molecular formula is C14H22N2O5. The van der Waals surface area contributed by atoms with E-state index in [0.29, 0.717) is 5.92 Å². The quantitative estimate of drug-likeness (QED) is 0.319. The molecule has 7 nitrogen and oxygen atoms in total. The van der Waals surface area contributed by atoms with Crippen LogP contribution in [0.3, 0.4) is 0 Å². The molecule has 118 valence electrons. The van der Waals surface area contributed by atoms with Crippen LogP contribution in [0.5, 0.6) is 0 Å². The lowest BCUT2D eigenvalue weighted by Gasteiger charge is -2.14. The molecule has 0 fully saturated rings. The van der Waals surface area contributed by atoms with Crippen LogP contribution in [0.4, 0.5) is 0 Å². The molecule has 0 aromatic carbocycles. The van der Waals surface area contributed by atoms with Crippen molar-refractivity contribution in [3.63, 3.8) is 0 Å². The molecule has 0 aromatic heterocycles. The number of nitrogens with one attached hydrogen (secondary N) is 2. The Bertz CT molecular complexity index is 416. The SMILES string of the molecule is COC(=O)CNC(=O)[C@H](CO)NC(=O)/C=C/C=C/C(C)C. The Kier molecular flexibility index (Phi) is 9.53. The summed E-state index contributed by atoms with van der Waals surface area (Å²) in [6.45, 7) is 3.10. The van der Waals surface area contributed by atoms with Gasteiger partial charge in [-0.3, -0.25) is 14.4 Å². The van der Waals surface area contributed by atoms with E-state index in [2.05, 4.69) is 15.4 Å². The smallest absolute Gasteiger partial charge is 0.325 e. The molecule has 0 aliphatic carbocycles. The lowest BCUT2D eigenvalue weighted by Crippen LogP contribution is -2.49. The number of carbonyl (C=O) groups excluding carboxylic acids is 3. The van der Waals surface area contributed by atoms with Crippen molar-refractivity contribution in [3.05, 3.63) is 24.3 Å². The fourth-order valence-electron chi connectivity index (χ4n) is 1.20. The molecule has 1 atom stereocenters. The Hall–Kier alpha value is -2.15. The van der Waals surface area contributed by atoms with Crippen LogP contribution in [0.15, 0.2) is 24.3 Å². The summed E-state index contributed by atoms with van der Waals surface area (Å²) in [6, 6.07) is -1.12. The van der Waals surface area contributed by atoms with Crippen molar-refractivity contribution in [2.45, 2.75) is 19.9 Å². The van der Waals surface area contributed by atoms with E-state index in [9.17, 15) is 14.4 Å². The van der Waals surface area contributed by atoms with Gasteiger partial charge in [-0.1, -0.05) is 32.1 Å². The molecule has 0 aliphatic rings. The summed E-state index contributed by atoms with van der Waals surface area (Å²) < 4.78 is 4.36. The first-order valence-electron chi connectivity index (χ1n) is 6.51. The van der Waals surface area contributed by atoms with Gasteiger partial charge >= 0.3 is 5.97 Å². The van der Waals surface area contributed by atoms with Crippen molar-refractivity contribution < 1.29 is 24.2 Å². The van der Waals surface area contributed by atoms with Gasteiger partial charge in [-0.25, -0.2) is 0 Å². The molecule has 0 saturated heterocycles. The third-order valence-electron chi connectivity index (χ3n) is 2.30. The van der Waals surface area contributed by atoms with E-state index in [4.69, 9.17) is 5.11 Å². The summed E-state index contributed by atoms with van der Waals surface area (Å²) >= 11 is 0. The Morgan fingerprint density at radius 2 is 1.90 bits per heavy atom. The highest BCUT2D eigenvalue weighted by molar-refractivity contribution is 5.93. The maximum absolute atomic E-state index is 11.6. The minimum Gasteiger partial charge on any atom is -0.468 e. The van der Waals surface area contributed by atoms with Crippen molar-refractivity contribution in [2.24, 2.45) is 5.92 Å². The summed E-state index contributed by atoms with van der Waals surface area (Å²) in [5.41, 5.74) is 0. The van der Waals surface area contributed by atoms with Gasteiger partial charge in [0, 0.05) is 6.08 Å². The molecule has 0 spiro atoms. The molecule has 2 amide bonds. The van der Waals surface area contributed by atoms with E-state index in [1.807, 2.05) is 19.9 Å². The average Bonchev–Trinajstić information content (AvgIpc) is 2.46.